The minimum absolute atomic E-state index is 0.0526. The van der Waals surface area contributed by atoms with Crippen LogP contribution in [0.1, 0.15) is 35.1 Å². The van der Waals surface area contributed by atoms with E-state index in [0.29, 0.717) is 11.5 Å². The molecule has 1 unspecified atom stereocenters. The number of aromatic nitrogens is 3. The van der Waals surface area contributed by atoms with Gasteiger partial charge in [-0.25, -0.2) is 14.3 Å². The highest BCUT2D eigenvalue weighted by molar-refractivity contribution is 5.87. The molecule has 1 aliphatic heterocycles. The molecule has 1 aliphatic rings. The van der Waals surface area contributed by atoms with Crippen molar-refractivity contribution in [1.82, 2.24) is 14.6 Å². The van der Waals surface area contributed by atoms with Gasteiger partial charge in [-0.2, -0.15) is 0 Å². The van der Waals surface area contributed by atoms with E-state index in [1.807, 2.05) is 0 Å². The molecule has 3 rings (SSSR count). The minimum Gasteiger partial charge on any atom is -0.478 e. The average Bonchev–Trinajstić information content (AvgIpc) is 2.96. The maximum absolute atomic E-state index is 10.8. The van der Waals surface area contributed by atoms with Crippen LogP contribution in [0.15, 0.2) is 18.3 Å². The zero-order chi connectivity index (χ0) is 11.8. The molecule has 3 heterocycles. The number of nitrogens with zero attached hydrogens (tertiary/aromatic N) is 3. The molecular formula is C11H11N3O3. The Morgan fingerprint density at radius 1 is 1.53 bits per heavy atom. The second-order valence-electron chi connectivity index (χ2n) is 4.00. The van der Waals surface area contributed by atoms with Gasteiger partial charge in [0.15, 0.2) is 11.5 Å². The Hall–Kier alpha value is -1.95. The standard InChI is InChI=1S/C11H11N3O3/c15-11(16)7-3-4-9-12-10(13-14(9)6-7)8-2-1-5-17-8/h3-4,6,8H,1-2,5H2,(H,15,16). The first kappa shape index (κ1) is 10.2. The van der Waals surface area contributed by atoms with E-state index in [9.17, 15) is 4.79 Å². The predicted octanol–water partition coefficient (Wildman–Crippen LogP) is 1.28. The van der Waals surface area contributed by atoms with Gasteiger partial charge in [0.25, 0.3) is 0 Å². The summed E-state index contributed by atoms with van der Waals surface area (Å²) in [6.45, 7) is 0.737. The van der Waals surface area contributed by atoms with Crippen molar-refractivity contribution in [3.8, 4) is 0 Å². The predicted molar refractivity (Wildman–Crippen MR) is 57.9 cm³/mol. The lowest BCUT2D eigenvalue weighted by molar-refractivity contribution is 0.0696. The fraction of sp³-hybridized carbons (Fsp3) is 0.364. The zero-order valence-corrected chi connectivity index (χ0v) is 9.04. The van der Waals surface area contributed by atoms with E-state index in [2.05, 4.69) is 10.1 Å². The number of pyridine rings is 1. The molecule has 0 bridgehead atoms. The molecule has 1 N–H and O–H groups in total. The molecule has 0 aromatic carbocycles. The summed E-state index contributed by atoms with van der Waals surface area (Å²) in [5, 5.41) is 13.1. The molecule has 6 heteroatoms. The number of rotatable bonds is 2. The maximum atomic E-state index is 10.8. The van der Waals surface area contributed by atoms with Gasteiger partial charge in [0.05, 0.1) is 5.56 Å². The molecule has 1 saturated heterocycles. The summed E-state index contributed by atoms with van der Waals surface area (Å²) in [5.74, 6) is -0.342. The highest BCUT2D eigenvalue weighted by Crippen LogP contribution is 2.26. The highest BCUT2D eigenvalue weighted by atomic mass is 16.5. The first-order valence-corrected chi connectivity index (χ1v) is 5.45. The third-order valence-electron chi connectivity index (χ3n) is 2.81. The number of carboxylic acids is 1. The van der Waals surface area contributed by atoms with Crippen LogP contribution in [0.4, 0.5) is 0 Å². The van der Waals surface area contributed by atoms with Crippen molar-refractivity contribution < 1.29 is 14.6 Å². The van der Waals surface area contributed by atoms with Gasteiger partial charge in [-0.05, 0) is 25.0 Å². The van der Waals surface area contributed by atoms with E-state index in [-0.39, 0.29) is 11.7 Å². The molecule has 0 aliphatic carbocycles. The number of aromatic carboxylic acids is 1. The second kappa shape index (κ2) is 3.81. The van der Waals surface area contributed by atoms with E-state index >= 15 is 0 Å². The van der Waals surface area contributed by atoms with Crippen molar-refractivity contribution in [1.29, 1.82) is 0 Å². The molecule has 88 valence electrons. The Labute approximate surface area is 96.8 Å². The Kier molecular flexibility index (Phi) is 2.29. The Balaban J connectivity index is 2.03. The van der Waals surface area contributed by atoms with E-state index in [1.165, 1.54) is 16.8 Å². The van der Waals surface area contributed by atoms with E-state index < -0.39 is 5.97 Å². The second-order valence-corrected chi connectivity index (χ2v) is 4.00. The molecule has 0 spiro atoms. The topological polar surface area (TPSA) is 76.7 Å². The fourth-order valence-corrected chi connectivity index (χ4v) is 1.94. The first-order chi connectivity index (χ1) is 8.24. The third kappa shape index (κ3) is 1.76. The number of hydrogen-bond donors (Lipinski definition) is 1. The van der Waals surface area contributed by atoms with E-state index in [1.54, 1.807) is 6.07 Å². The molecule has 0 saturated carbocycles. The summed E-state index contributed by atoms with van der Waals surface area (Å²) < 4.78 is 6.98. The lowest BCUT2D eigenvalue weighted by Gasteiger charge is -2.01. The van der Waals surface area contributed by atoms with Crippen molar-refractivity contribution in [3.05, 3.63) is 29.7 Å². The van der Waals surface area contributed by atoms with Crippen LogP contribution in [0.2, 0.25) is 0 Å². The Morgan fingerprint density at radius 3 is 3.12 bits per heavy atom. The van der Waals surface area contributed by atoms with Crippen LogP contribution in [0, 0.1) is 0 Å². The average molecular weight is 233 g/mol. The summed E-state index contributed by atoms with van der Waals surface area (Å²) in [7, 11) is 0. The van der Waals surface area contributed by atoms with Crippen LogP contribution in [0.3, 0.4) is 0 Å². The molecule has 17 heavy (non-hydrogen) atoms. The largest absolute Gasteiger partial charge is 0.478 e. The SMILES string of the molecule is O=C(O)c1ccc2nc(C3CCCO3)nn2c1. The number of carbonyl (C=O) groups is 1. The molecule has 0 radical (unpaired) electrons. The summed E-state index contributed by atoms with van der Waals surface area (Å²) in [5.41, 5.74) is 0.835. The van der Waals surface area contributed by atoms with Crippen molar-refractivity contribution in [2.24, 2.45) is 0 Å². The number of ether oxygens (including phenoxy) is 1. The van der Waals surface area contributed by atoms with Crippen molar-refractivity contribution >= 4 is 11.6 Å². The van der Waals surface area contributed by atoms with Crippen LogP contribution < -0.4 is 0 Å². The molecule has 2 aromatic rings. The molecule has 1 atom stereocenters. The maximum Gasteiger partial charge on any atom is 0.337 e. The van der Waals surface area contributed by atoms with Gasteiger partial charge in [0.2, 0.25) is 0 Å². The van der Waals surface area contributed by atoms with Crippen molar-refractivity contribution in [2.75, 3.05) is 6.61 Å². The third-order valence-corrected chi connectivity index (χ3v) is 2.81. The highest BCUT2D eigenvalue weighted by Gasteiger charge is 2.22. The van der Waals surface area contributed by atoms with Crippen LogP contribution in [-0.4, -0.2) is 32.3 Å². The van der Waals surface area contributed by atoms with Gasteiger partial charge in [-0.15, -0.1) is 5.10 Å². The van der Waals surface area contributed by atoms with Crippen molar-refractivity contribution in [2.45, 2.75) is 18.9 Å². The molecule has 2 aromatic heterocycles. The normalized spacial score (nSPS) is 19.9. The van der Waals surface area contributed by atoms with Gasteiger partial charge in [0, 0.05) is 12.8 Å². The first-order valence-electron chi connectivity index (χ1n) is 5.45. The summed E-state index contributed by atoms with van der Waals surface area (Å²) in [4.78, 5) is 15.2. The van der Waals surface area contributed by atoms with Crippen molar-refractivity contribution in [3.63, 3.8) is 0 Å². The Bertz CT molecular complexity index is 572. The van der Waals surface area contributed by atoms with Crippen LogP contribution >= 0.6 is 0 Å². The minimum atomic E-state index is -0.971. The van der Waals surface area contributed by atoms with E-state index in [4.69, 9.17) is 9.84 Å². The van der Waals surface area contributed by atoms with Crippen LogP contribution in [0.25, 0.3) is 5.65 Å². The molecule has 1 fully saturated rings. The molecular weight excluding hydrogens is 222 g/mol. The number of fused-ring (bicyclic) bond motifs is 1. The molecule has 0 amide bonds. The van der Waals surface area contributed by atoms with Gasteiger partial charge in [-0.1, -0.05) is 0 Å². The lowest BCUT2D eigenvalue weighted by atomic mass is 10.2. The fourth-order valence-electron chi connectivity index (χ4n) is 1.94. The van der Waals surface area contributed by atoms with Gasteiger partial charge >= 0.3 is 5.97 Å². The lowest BCUT2D eigenvalue weighted by Crippen LogP contribution is -2.00. The monoisotopic (exact) mass is 233 g/mol. The quantitative estimate of drug-likeness (QED) is 0.845. The Morgan fingerprint density at radius 2 is 2.41 bits per heavy atom. The molecule has 6 nitrogen and oxygen atoms in total. The van der Waals surface area contributed by atoms with Crippen LogP contribution in [-0.2, 0) is 4.74 Å². The smallest absolute Gasteiger partial charge is 0.337 e. The number of hydrogen-bond acceptors (Lipinski definition) is 4. The van der Waals surface area contributed by atoms with Gasteiger partial charge in [-0.3, -0.25) is 0 Å². The summed E-state index contributed by atoms with van der Waals surface area (Å²) in [6, 6.07) is 3.17. The zero-order valence-electron chi connectivity index (χ0n) is 9.04. The summed E-state index contributed by atoms with van der Waals surface area (Å²) in [6.07, 6.45) is 3.34. The van der Waals surface area contributed by atoms with Gasteiger partial charge in [0.1, 0.15) is 6.10 Å². The number of carboxylic acid groups (broad SMARTS) is 1. The van der Waals surface area contributed by atoms with Crippen LogP contribution in [0.5, 0.6) is 0 Å². The van der Waals surface area contributed by atoms with Gasteiger partial charge < -0.3 is 9.84 Å². The van der Waals surface area contributed by atoms with E-state index in [0.717, 1.165) is 19.4 Å². The summed E-state index contributed by atoms with van der Waals surface area (Å²) >= 11 is 0.